The van der Waals surface area contributed by atoms with Gasteiger partial charge in [0.05, 0.1) is 12.1 Å². The second-order valence-corrected chi connectivity index (χ2v) is 5.63. The zero-order valence-corrected chi connectivity index (χ0v) is 13.2. The molecule has 0 bridgehead atoms. The number of hydrogen-bond acceptors (Lipinski definition) is 3. The number of aryl methyl sites for hydroxylation is 2. The molecule has 0 fully saturated rings. The summed E-state index contributed by atoms with van der Waals surface area (Å²) >= 11 is 6.23. The number of rotatable bonds is 4. The van der Waals surface area contributed by atoms with Crippen LogP contribution in [0, 0.1) is 19.7 Å². The normalized spacial score (nSPS) is 11.1. The topological polar surface area (TPSA) is 34.0 Å². The van der Waals surface area contributed by atoms with Crippen LogP contribution in [0.2, 0.25) is 0 Å². The van der Waals surface area contributed by atoms with Gasteiger partial charge in [0.25, 0.3) is 0 Å². The SMILES string of the molecule is Cc1ccc(F)c2c1cc(C)n2CCN(Cl)c1ccncn1. The van der Waals surface area contributed by atoms with E-state index >= 15 is 0 Å². The number of halogens is 2. The first-order valence-corrected chi connectivity index (χ1v) is 7.36. The zero-order valence-electron chi connectivity index (χ0n) is 12.4. The molecule has 0 aliphatic heterocycles. The molecule has 3 aromatic rings. The minimum absolute atomic E-state index is 0.211. The van der Waals surface area contributed by atoms with Crippen molar-refractivity contribution in [2.45, 2.75) is 20.4 Å². The molecule has 3 rings (SSSR count). The Morgan fingerprint density at radius 3 is 2.82 bits per heavy atom. The summed E-state index contributed by atoms with van der Waals surface area (Å²) in [6.07, 6.45) is 3.08. The van der Waals surface area contributed by atoms with Crippen molar-refractivity contribution in [1.29, 1.82) is 0 Å². The van der Waals surface area contributed by atoms with Gasteiger partial charge in [0.2, 0.25) is 0 Å². The number of benzene rings is 1. The predicted octanol–water partition coefficient (Wildman–Crippen LogP) is 3.85. The Hall–Kier alpha value is -2.14. The summed E-state index contributed by atoms with van der Waals surface area (Å²) in [5.41, 5.74) is 2.71. The zero-order chi connectivity index (χ0) is 15.7. The van der Waals surface area contributed by atoms with E-state index in [-0.39, 0.29) is 5.82 Å². The molecule has 0 atom stereocenters. The molecule has 2 aromatic heterocycles. The summed E-state index contributed by atoms with van der Waals surface area (Å²) in [4.78, 5) is 7.96. The third-order valence-corrected chi connectivity index (χ3v) is 4.11. The first-order chi connectivity index (χ1) is 10.6. The van der Waals surface area contributed by atoms with Gasteiger partial charge in [0.15, 0.2) is 0 Å². The van der Waals surface area contributed by atoms with Crippen LogP contribution in [-0.2, 0) is 6.54 Å². The number of anilines is 1. The predicted molar refractivity (Wildman–Crippen MR) is 86.6 cm³/mol. The molecule has 4 nitrogen and oxygen atoms in total. The van der Waals surface area contributed by atoms with Crippen molar-refractivity contribution >= 4 is 28.5 Å². The average molecular weight is 319 g/mol. The molecule has 2 heterocycles. The monoisotopic (exact) mass is 318 g/mol. The van der Waals surface area contributed by atoms with Crippen LogP contribution in [0.15, 0.2) is 36.8 Å². The van der Waals surface area contributed by atoms with Gasteiger partial charge in [0, 0.05) is 41.7 Å². The molecular weight excluding hydrogens is 303 g/mol. The molecule has 0 aliphatic carbocycles. The lowest BCUT2D eigenvalue weighted by Crippen LogP contribution is -2.19. The van der Waals surface area contributed by atoms with Crippen molar-refractivity contribution in [2.24, 2.45) is 0 Å². The van der Waals surface area contributed by atoms with Gasteiger partial charge in [-0.25, -0.2) is 14.4 Å². The highest BCUT2D eigenvalue weighted by atomic mass is 35.5. The van der Waals surface area contributed by atoms with Gasteiger partial charge >= 0.3 is 0 Å². The number of fused-ring (bicyclic) bond motifs is 1. The first kappa shape index (κ1) is 14.8. The average Bonchev–Trinajstić information content (AvgIpc) is 2.87. The molecule has 0 radical (unpaired) electrons. The van der Waals surface area contributed by atoms with Crippen molar-refractivity contribution < 1.29 is 4.39 Å². The molecular formula is C16H16ClFN4. The summed E-state index contributed by atoms with van der Waals surface area (Å²) in [6, 6.07) is 7.06. The van der Waals surface area contributed by atoms with E-state index in [2.05, 4.69) is 9.97 Å². The Labute approximate surface area is 133 Å². The summed E-state index contributed by atoms with van der Waals surface area (Å²) < 4.78 is 17.7. The lowest BCUT2D eigenvalue weighted by Gasteiger charge is -2.16. The standard InChI is InChI=1S/C16H16ClFN4/c1-11-3-4-14(18)16-13(11)9-12(2)21(16)7-8-22(17)15-5-6-19-10-20-15/h3-6,9-10H,7-8H2,1-2H3. The minimum Gasteiger partial charge on any atom is -0.341 e. The Morgan fingerprint density at radius 1 is 1.27 bits per heavy atom. The third-order valence-electron chi connectivity index (χ3n) is 3.77. The molecule has 0 unspecified atom stereocenters. The molecule has 22 heavy (non-hydrogen) atoms. The van der Waals surface area contributed by atoms with Gasteiger partial charge in [-0.1, -0.05) is 6.07 Å². The van der Waals surface area contributed by atoms with Gasteiger partial charge in [-0.2, -0.15) is 0 Å². The van der Waals surface area contributed by atoms with Crippen molar-refractivity contribution in [2.75, 3.05) is 11.0 Å². The molecule has 1 aromatic carbocycles. The molecule has 0 aliphatic rings. The molecule has 0 N–H and O–H groups in total. The Morgan fingerprint density at radius 2 is 2.09 bits per heavy atom. The fourth-order valence-corrected chi connectivity index (χ4v) is 2.80. The van der Waals surface area contributed by atoms with Gasteiger partial charge in [0.1, 0.15) is 18.0 Å². The lowest BCUT2D eigenvalue weighted by molar-refractivity contribution is 0.619. The Bertz CT molecular complexity index is 801. The molecule has 0 amide bonds. The van der Waals surface area contributed by atoms with Crippen LogP contribution in [0.25, 0.3) is 10.9 Å². The van der Waals surface area contributed by atoms with Crippen LogP contribution in [-0.4, -0.2) is 21.1 Å². The molecule has 114 valence electrons. The van der Waals surface area contributed by atoms with Crippen molar-refractivity contribution in [3.63, 3.8) is 0 Å². The van der Waals surface area contributed by atoms with E-state index in [4.69, 9.17) is 11.8 Å². The smallest absolute Gasteiger partial charge is 0.147 e. The highest BCUT2D eigenvalue weighted by Gasteiger charge is 2.13. The third kappa shape index (κ3) is 2.64. The summed E-state index contributed by atoms with van der Waals surface area (Å²) in [7, 11) is 0. The second kappa shape index (κ2) is 5.93. The maximum Gasteiger partial charge on any atom is 0.147 e. The summed E-state index contributed by atoms with van der Waals surface area (Å²) in [5.74, 6) is 0.416. The summed E-state index contributed by atoms with van der Waals surface area (Å²) in [5, 5.41) is 0.945. The van der Waals surface area contributed by atoms with E-state index < -0.39 is 0 Å². The molecule has 0 saturated carbocycles. The van der Waals surface area contributed by atoms with Crippen LogP contribution in [0.3, 0.4) is 0 Å². The largest absolute Gasteiger partial charge is 0.341 e. The minimum atomic E-state index is -0.211. The van der Waals surface area contributed by atoms with Gasteiger partial charge in [-0.3, -0.25) is 4.42 Å². The van der Waals surface area contributed by atoms with Crippen LogP contribution in [0.5, 0.6) is 0 Å². The van der Waals surface area contributed by atoms with Gasteiger partial charge < -0.3 is 4.57 Å². The van der Waals surface area contributed by atoms with Crippen LogP contribution >= 0.6 is 11.8 Å². The molecule has 0 spiro atoms. The molecule has 6 heteroatoms. The number of hydrogen-bond donors (Lipinski definition) is 0. The van der Waals surface area contributed by atoms with Crippen LogP contribution in [0.4, 0.5) is 10.2 Å². The van der Waals surface area contributed by atoms with E-state index in [0.29, 0.717) is 24.4 Å². The van der Waals surface area contributed by atoms with E-state index in [0.717, 1.165) is 16.6 Å². The highest BCUT2D eigenvalue weighted by Crippen LogP contribution is 2.26. The fraction of sp³-hybridized carbons (Fsp3) is 0.250. The quantitative estimate of drug-likeness (QED) is 0.685. The van der Waals surface area contributed by atoms with E-state index in [1.807, 2.05) is 24.5 Å². The first-order valence-electron chi connectivity index (χ1n) is 7.02. The van der Waals surface area contributed by atoms with E-state index in [1.54, 1.807) is 18.3 Å². The highest BCUT2D eigenvalue weighted by molar-refractivity contribution is 6.25. The van der Waals surface area contributed by atoms with E-state index in [1.165, 1.54) is 16.8 Å². The number of aromatic nitrogens is 3. The van der Waals surface area contributed by atoms with Crippen molar-refractivity contribution in [1.82, 2.24) is 14.5 Å². The van der Waals surface area contributed by atoms with Gasteiger partial charge in [-0.05, 0) is 31.5 Å². The lowest BCUT2D eigenvalue weighted by atomic mass is 10.1. The maximum absolute atomic E-state index is 14.2. The van der Waals surface area contributed by atoms with Crippen molar-refractivity contribution in [3.05, 3.63) is 53.9 Å². The Balaban J connectivity index is 1.88. The fourth-order valence-electron chi connectivity index (χ4n) is 2.62. The Kier molecular flexibility index (Phi) is 3.98. The number of nitrogens with zero attached hydrogens (tertiary/aromatic N) is 4. The molecule has 0 saturated heterocycles. The van der Waals surface area contributed by atoms with Crippen LogP contribution < -0.4 is 4.42 Å². The second-order valence-electron chi connectivity index (χ2n) is 5.22. The maximum atomic E-state index is 14.2. The van der Waals surface area contributed by atoms with Gasteiger partial charge in [-0.15, -0.1) is 0 Å². The van der Waals surface area contributed by atoms with Crippen LogP contribution in [0.1, 0.15) is 11.3 Å². The summed E-state index contributed by atoms with van der Waals surface area (Å²) in [6.45, 7) is 5.04. The van der Waals surface area contributed by atoms with Crippen molar-refractivity contribution in [3.8, 4) is 0 Å². The van der Waals surface area contributed by atoms with E-state index in [9.17, 15) is 4.39 Å².